The average molecular weight is 312 g/mol. The van der Waals surface area contributed by atoms with E-state index in [2.05, 4.69) is 5.16 Å². The van der Waals surface area contributed by atoms with Crippen LogP contribution in [0.1, 0.15) is 21.6 Å². The second-order valence-electron chi connectivity index (χ2n) is 5.14. The summed E-state index contributed by atoms with van der Waals surface area (Å²) in [5, 5.41) is 5.86. The number of rotatable bonds is 4. The van der Waals surface area contributed by atoms with Crippen molar-refractivity contribution in [3.8, 4) is 10.6 Å². The van der Waals surface area contributed by atoms with Gasteiger partial charge in [0.05, 0.1) is 4.88 Å². The van der Waals surface area contributed by atoms with Crippen LogP contribution in [-0.4, -0.2) is 23.0 Å². The zero-order valence-corrected chi connectivity index (χ0v) is 13.3. The van der Waals surface area contributed by atoms with Gasteiger partial charge in [-0.05, 0) is 29.5 Å². The minimum atomic E-state index is -0.144. The molecule has 5 heteroatoms. The molecule has 3 rings (SSSR count). The van der Waals surface area contributed by atoms with E-state index in [9.17, 15) is 4.79 Å². The molecule has 0 unspecified atom stereocenters. The second kappa shape index (κ2) is 6.15. The summed E-state index contributed by atoms with van der Waals surface area (Å²) in [4.78, 5) is 15.1. The molecule has 3 aromatic rings. The zero-order valence-electron chi connectivity index (χ0n) is 12.4. The molecule has 0 atom stereocenters. The number of benzene rings is 1. The van der Waals surface area contributed by atoms with Crippen LogP contribution in [0.2, 0.25) is 0 Å². The molecule has 4 nitrogen and oxygen atoms in total. The van der Waals surface area contributed by atoms with Gasteiger partial charge in [-0.15, -0.1) is 11.3 Å². The highest BCUT2D eigenvalue weighted by Gasteiger charge is 2.18. The highest BCUT2D eigenvalue weighted by atomic mass is 32.1. The molecule has 0 fully saturated rings. The average Bonchev–Trinajstić information content (AvgIpc) is 3.19. The van der Waals surface area contributed by atoms with Crippen molar-refractivity contribution in [1.82, 2.24) is 10.1 Å². The van der Waals surface area contributed by atoms with Crippen molar-refractivity contribution in [2.24, 2.45) is 0 Å². The first-order valence-electron chi connectivity index (χ1n) is 6.95. The quantitative estimate of drug-likeness (QED) is 0.732. The number of amides is 1. The molecule has 0 bridgehead atoms. The van der Waals surface area contributed by atoms with Gasteiger partial charge in [0, 0.05) is 19.7 Å². The van der Waals surface area contributed by atoms with Crippen molar-refractivity contribution in [2.75, 3.05) is 7.05 Å². The van der Waals surface area contributed by atoms with Crippen LogP contribution < -0.4 is 0 Å². The maximum atomic E-state index is 12.5. The van der Waals surface area contributed by atoms with Gasteiger partial charge in [0.15, 0.2) is 11.5 Å². The van der Waals surface area contributed by atoms with Gasteiger partial charge in [-0.2, -0.15) is 0 Å². The number of aromatic nitrogens is 1. The van der Waals surface area contributed by atoms with Gasteiger partial charge < -0.3 is 9.42 Å². The largest absolute Gasteiger partial charge is 0.355 e. The van der Waals surface area contributed by atoms with E-state index in [1.807, 2.05) is 48.7 Å². The lowest BCUT2D eigenvalue weighted by atomic mass is 10.1. The molecule has 1 aromatic carbocycles. The highest BCUT2D eigenvalue weighted by Crippen LogP contribution is 2.25. The summed E-state index contributed by atoms with van der Waals surface area (Å²) in [5.74, 6) is 0.484. The molecule has 0 spiro atoms. The Balaban J connectivity index is 1.75. The lowest BCUT2D eigenvalue weighted by molar-refractivity contribution is 0.0774. The Kier molecular flexibility index (Phi) is 4.06. The minimum absolute atomic E-state index is 0.144. The predicted octanol–water partition coefficient (Wildman–Crippen LogP) is 3.98. The number of carbonyl (C=O) groups excluding carboxylic acids is 1. The summed E-state index contributed by atoms with van der Waals surface area (Å²) < 4.78 is 5.27. The van der Waals surface area contributed by atoms with Crippen LogP contribution in [0.4, 0.5) is 0 Å². The van der Waals surface area contributed by atoms with Crippen molar-refractivity contribution in [2.45, 2.75) is 13.5 Å². The Morgan fingerprint density at radius 1 is 1.27 bits per heavy atom. The summed E-state index contributed by atoms with van der Waals surface area (Å²) in [6, 6.07) is 13.6. The number of nitrogens with zero attached hydrogens (tertiary/aromatic N) is 2. The topological polar surface area (TPSA) is 46.3 Å². The molecular formula is C17H16N2O2S. The lowest BCUT2D eigenvalue weighted by Crippen LogP contribution is -2.26. The van der Waals surface area contributed by atoms with E-state index >= 15 is 0 Å². The molecule has 0 N–H and O–H groups in total. The summed E-state index contributed by atoms with van der Waals surface area (Å²) in [7, 11) is 1.77. The smallest absolute Gasteiger partial charge is 0.276 e. The van der Waals surface area contributed by atoms with Gasteiger partial charge >= 0.3 is 0 Å². The molecule has 2 aromatic heterocycles. The molecule has 0 saturated heterocycles. The summed E-state index contributed by atoms with van der Waals surface area (Å²) in [6.45, 7) is 2.59. The molecule has 0 saturated carbocycles. The van der Waals surface area contributed by atoms with Gasteiger partial charge in [0.2, 0.25) is 0 Å². The fourth-order valence-electron chi connectivity index (χ4n) is 2.22. The predicted molar refractivity (Wildman–Crippen MR) is 86.8 cm³/mol. The lowest BCUT2D eigenvalue weighted by Gasteiger charge is -2.16. The Morgan fingerprint density at radius 3 is 2.82 bits per heavy atom. The van der Waals surface area contributed by atoms with Crippen molar-refractivity contribution in [3.05, 3.63) is 64.7 Å². The molecular weight excluding hydrogens is 296 g/mol. The van der Waals surface area contributed by atoms with Crippen LogP contribution in [0.15, 0.2) is 52.4 Å². The summed E-state index contributed by atoms with van der Waals surface area (Å²) in [5.41, 5.74) is 2.63. The van der Waals surface area contributed by atoms with Crippen LogP contribution in [0, 0.1) is 6.92 Å². The van der Waals surface area contributed by atoms with Crippen molar-refractivity contribution < 1.29 is 9.32 Å². The first-order valence-corrected chi connectivity index (χ1v) is 7.83. The van der Waals surface area contributed by atoms with Crippen LogP contribution in [0.3, 0.4) is 0 Å². The molecule has 0 radical (unpaired) electrons. The van der Waals surface area contributed by atoms with E-state index in [1.54, 1.807) is 29.4 Å². The standard InChI is InChI=1S/C17H16N2O2S/c1-12-6-3-4-7-13(12)11-19(2)17(20)14-10-15(21-18-14)16-8-5-9-22-16/h3-10H,11H2,1-2H3. The SMILES string of the molecule is Cc1ccccc1CN(C)C(=O)c1cc(-c2cccs2)on1. The first kappa shape index (κ1) is 14.5. The van der Waals surface area contributed by atoms with Gasteiger partial charge in [-0.25, -0.2) is 0 Å². The van der Waals surface area contributed by atoms with Crippen LogP contribution in [0.5, 0.6) is 0 Å². The zero-order chi connectivity index (χ0) is 15.5. The third kappa shape index (κ3) is 2.94. The molecule has 0 aliphatic carbocycles. The second-order valence-corrected chi connectivity index (χ2v) is 6.09. The minimum Gasteiger partial charge on any atom is -0.355 e. The molecule has 2 heterocycles. The van der Waals surface area contributed by atoms with Gasteiger partial charge in [0.25, 0.3) is 5.91 Å². The molecule has 112 valence electrons. The third-order valence-electron chi connectivity index (χ3n) is 3.51. The maximum Gasteiger partial charge on any atom is 0.276 e. The number of hydrogen-bond donors (Lipinski definition) is 0. The van der Waals surface area contributed by atoms with Crippen molar-refractivity contribution in [3.63, 3.8) is 0 Å². The van der Waals surface area contributed by atoms with Crippen LogP contribution in [0.25, 0.3) is 10.6 Å². The first-order chi connectivity index (χ1) is 10.6. The fraction of sp³-hybridized carbons (Fsp3) is 0.176. The Hall–Kier alpha value is -2.40. The highest BCUT2D eigenvalue weighted by molar-refractivity contribution is 7.13. The van der Waals surface area contributed by atoms with Crippen LogP contribution in [-0.2, 0) is 6.54 Å². The number of aryl methyl sites for hydroxylation is 1. The third-order valence-corrected chi connectivity index (χ3v) is 4.39. The number of thiophene rings is 1. The Bertz CT molecular complexity index is 778. The number of hydrogen-bond acceptors (Lipinski definition) is 4. The van der Waals surface area contributed by atoms with Gasteiger partial charge in [-0.1, -0.05) is 35.5 Å². The maximum absolute atomic E-state index is 12.5. The Morgan fingerprint density at radius 2 is 2.09 bits per heavy atom. The number of carbonyl (C=O) groups is 1. The normalized spacial score (nSPS) is 10.6. The van der Waals surface area contributed by atoms with E-state index in [-0.39, 0.29) is 5.91 Å². The van der Waals surface area contributed by atoms with Gasteiger partial charge in [-0.3, -0.25) is 4.79 Å². The molecule has 0 aliphatic rings. The fourth-order valence-corrected chi connectivity index (χ4v) is 2.89. The van der Waals surface area contributed by atoms with Crippen molar-refractivity contribution in [1.29, 1.82) is 0 Å². The molecule has 1 amide bonds. The molecule has 22 heavy (non-hydrogen) atoms. The Labute approximate surface area is 133 Å². The summed E-state index contributed by atoms with van der Waals surface area (Å²) in [6.07, 6.45) is 0. The van der Waals surface area contributed by atoms with E-state index in [4.69, 9.17) is 4.52 Å². The molecule has 0 aliphatic heterocycles. The monoisotopic (exact) mass is 312 g/mol. The van der Waals surface area contributed by atoms with E-state index in [0.29, 0.717) is 18.0 Å². The van der Waals surface area contributed by atoms with Crippen molar-refractivity contribution >= 4 is 17.2 Å². The van der Waals surface area contributed by atoms with Gasteiger partial charge in [0.1, 0.15) is 0 Å². The van der Waals surface area contributed by atoms with E-state index in [0.717, 1.165) is 10.4 Å². The van der Waals surface area contributed by atoms with E-state index < -0.39 is 0 Å². The van der Waals surface area contributed by atoms with Crippen LogP contribution >= 0.6 is 11.3 Å². The van der Waals surface area contributed by atoms with E-state index in [1.165, 1.54) is 5.56 Å². The summed E-state index contributed by atoms with van der Waals surface area (Å²) >= 11 is 1.56.